The molecule has 0 aliphatic carbocycles. The number of nitro groups is 1. The van der Waals surface area contributed by atoms with Gasteiger partial charge in [-0.1, -0.05) is 0 Å². The van der Waals surface area contributed by atoms with Crippen LogP contribution in [0, 0.1) is 15.9 Å². The first-order valence-corrected chi connectivity index (χ1v) is 7.16. The topological polar surface area (TPSA) is 106 Å². The first-order valence-electron chi connectivity index (χ1n) is 5.10. The van der Waals surface area contributed by atoms with Gasteiger partial charge in [-0.3, -0.25) is 14.9 Å². The van der Waals surface area contributed by atoms with Crippen LogP contribution in [0.2, 0.25) is 0 Å². The molecule has 0 spiro atoms. The molecule has 104 valence electrons. The van der Waals surface area contributed by atoms with Crippen LogP contribution in [0.3, 0.4) is 0 Å². The fourth-order valence-electron chi connectivity index (χ4n) is 1.25. The fraction of sp³-hybridized carbons (Fsp3) is 0.300. The average molecular weight is 290 g/mol. The van der Waals surface area contributed by atoms with Gasteiger partial charge in [0.25, 0.3) is 5.91 Å². The van der Waals surface area contributed by atoms with Crippen LogP contribution in [-0.4, -0.2) is 37.8 Å². The van der Waals surface area contributed by atoms with E-state index < -0.39 is 32.2 Å². The quantitative estimate of drug-likeness (QED) is 0.628. The van der Waals surface area contributed by atoms with Crippen molar-refractivity contribution in [2.75, 3.05) is 18.6 Å². The van der Waals surface area contributed by atoms with Crippen LogP contribution in [0.25, 0.3) is 0 Å². The minimum absolute atomic E-state index is 0.110. The lowest BCUT2D eigenvalue weighted by Crippen LogP contribution is -2.28. The van der Waals surface area contributed by atoms with E-state index >= 15 is 0 Å². The van der Waals surface area contributed by atoms with Crippen LogP contribution < -0.4 is 5.32 Å². The molecule has 0 bridgehead atoms. The third kappa shape index (κ3) is 4.62. The lowest BCUT2D eigenvalue weighted by atomic mass is 10.2. The molecule has 1 aromatic rings. The van der Waals surface area contributed by atoms with Gasteiger partial charge in [-0.25, -0.2) is 8.42 Å². The number of nitrogens with zero attached hydrogens (tertiary/aromatic N) is 1. The van der Waals surface area contributed by atoms with E-state index in [1.165, 1.54) is 0 Å². The van der Waals surface area contributed by atoms with Crippen LogP contribution in [0.1, 0.15) is 10.4 Å². The van der Waals surface area contributed by atoms with E-state index in [0.29, 0.717) is 0 Å². The summed E-state index contributed by atoms with van der Waals surface area (Å²) in [7, 11) is -3.21. The molecule has 1 N–H and O–H groups in total. The number of halogens is 1. The summed E-state index contributed by atoms with van der Waals surface area (Å²) in [4.78, 5) is 21.1. The summed E-state index contributed by atoms with van der Waals surface area (Å²) in [5.74, 6) is -1.99. The van der Waals surface area contributed by atoms with Crippen molar-refractivity contribution in [3.05, 3.63) is 39.7 Å². The summed E-state index contributed by atoms with van der Waals surface area (Å²) in [5.41, 5.74) is -0.919. The molecule has 1 aromatic carbocycles. The lowest BCUT2D eigenvalue weighted by Gasteiger charge is -2.04. The van der Waals surface area contributed by atoms with E-state index in [0.717, 1.165) is 24.5 Å². The molecule has 0 radical (unpaired) electrons. The van der Waals surface area contributed by atoms with Gasteiger partial charge in [0, 0.05) is 24.4 Å². The summed E-state index contributed by atoms with van der Waals surface area (Å²) in [6, 6.07) is 2.69. The maximum Gasteiger partial charge on any atom is 0.305 e. The molecular formula is C10H11FN2O5S. The zero-order chi connectivity index (χ0) is 14.6. The minimum Gasteiger partial charge on any atom is -0.351 e. The van der Waals surface area contributed by atoms with E-state index in [-0.39, 0.29) is 17.9 Å². The van der Waals surface area contributed by atoms with Crippen molar-refractivity contribution >= 4 is 21.4 Å². The summed E-state index contributed by atoms with van der Waals surface area (Å²) in [6.45, 7) is -0.122. The largest absolute Gasteiger partial charge is 0.351 e. The van der Waals surface area contributed by atoms with Crippen molar-refractivity contribution < 1.29 is 22.5 Å². The molecule has 0 aliphatic rings. The number of benzene rings is 1. The molecule has 19 heavy (non-hydrogen) atoms. The number of carbonyl (C=O) groups is 1. The first-order chi connectivity index (χ1) is 8.70. The van der Waals surface area contributed by atoms with Crippen LogP contribution in [0.5, 0.6) is 0 Å². The van der Waals surface area contributed by atoms with Gasteiger partial charge < -0.3 is 5.32 Å². The maximum absolute atomic E-state index is 13.0. The Balaban J connectivity index is 2.78. The normalized spacial score (nSPS) is 11.1. The fourth-order valence-corrected chi connectivity index (χ4v) is 1.72. The van der Waals surface area contributed by atoms with Gasteiger partial charge in [0.1, 0.15) is 9.84 Å². The molecule has 7 nitrogen and oxygen atoms in total. The van der Waals surface area contributed by atoms with Gasteiger partial charge in [0.15, 0.2) is 0 Å². The number of nitro benzene ring substituents is 1. The molecule has 0 heterocycles. The summed E-state index contributed by atoms with van der Waals surface area (Å²) < 4.78 is 34.7. The van der Waals surface area contributed by atoms with Gasteiger partial charge >= 0.3 is 5.69 Å². The standard InChI is InChI=1S/C10H11FN2O5S/c1-19(17,18)5-4-12-10(14)7-2-3-8(11)9(6-7)13(15)16/h2-3,6H,4-5H2,1H3,(H,12,14). The molecule has 0 atom stereocenters. The van der Waals surface area contributed by atoms with Gasteiger partial charge in [-0.2, -0.15) is 4.39 Å². The van der Waals surface area contributed by atoms with Crippen molar-refractivity contribution in [2.24, 2.45) is 0 Å². The van der Waals surface area contributed by atoms with Crippen molar-refractivity contribution in [1.29, 1.82) is 0 Å². The number of carbonyl (C=O) groups excluding carboxylic acids is 1. The number of hydrogen-bond acceptors (Lipinski definition) is 5. The lowest BCUT2D eigenvalue weighted by molar-refractivity contribution is -0.387. The minimum atomic E-state index is -3.21. The van der Waals surface area contributed by atoms with Gasteiger partial charge in [-0.15, -0.1) is 0 Å². The Bertz CT molecular complexity index is 614. The first kappa shape index (κ1) is 15.0. The molecule has 0 aromatic heterocycles. The molecule has 0 unspecified atom stereocenters. The Morgan fingerprint density at radius 3 is 2.63 bits per heavy atom. The second kappa shape index (κ2) is 5.74. The Labute approximate surface area is 108 Å². The summed E-state index contributed by atoms with van der Waals surface area (Å²) in [6.07, 6.45) is 1.02. The highest BCUT2D eigenvalue weighted by molar-refractivity contribution is 7.90. The third-order valence-corrected chi connectivity index (χ3v) is 3.11. The van der Waals surface area contributed by atoms with Crippen LogP contribution in [0.4, 0.5) is 10.1 Å². The molecule has 0 fully saturated rings. The zero-order valence-corrected chi connectivity index (χ0v) is 10.7. The van der Waals surface area contributed by atoms with Crippen molar-refractivity contribution in [3.8, 4) is 0 Å². The molecule has 0 saturated carbocycles. The Kier molecular flexibility index (Phi) is 4.54. The van der Waals surface area contributed by atoms with E-state index in [4.69, 9.17) is 0 Å². The highest BCUT2D eigenvalue weighted by Gasteiger charge is 2.17. The van der Waals surface area contributed by atoms with Crippen LogP contribution in [-0.2, 0) is 9.84 Å². The van der Waals surface area contributed by atoms with Gasteiger partial charge in [0.05, 0.1) is 10.7 Å². The third-order valence-electron chi connectivity index (χ3n) is 2.16. The number of amides is 1. The highest BCUT2D eigenvalue weighted by atomic mass is 32.2. The molecule has 1 rings (SSSR count). The van der Waals surface area contributed by atoms with Gasteiger partial charge in [-0.05, 0) is 12.1 Å². The SMILES string of the molecule is CS(=O)(=O)CCNC(=O)c1ccc(F)c([N+](=O)[O-])c1. The molecule has 1 amide bonds. The monoisotopic (exact) mass is 290 g/mol. The summed E-state index contributed by atoms with van der Waals surface area (Å²) >= 11 is 0. The van der Waals surface area contributed by atoms with E-state index in [9.17, 15) is 27.7 Å². The number of sulfone groups is 1. The van der Waals surface area contributed by atoms with E-state index in [1.54, 1.807) is 0 Å². The Morgan fingerprint density at radius 1 is 1.47 bits per heavy atom. The van der Waals surface area contributed by atoms with Crippen molar-refractivity contribution in [2.45, 2.75) is 0 Å². The molecule has 9 heteroatoms. The molecular weight excluding hydrogens is 279 g/mol. The van der Waals surface area contributed by atoms with E-state index in [2.05, 4.69) is 5.32 Å². The Hall–Kier alpha value is -2.03. The zero-order valence-electron chi connectivity index (χ0n) is 9.92. The molecule has 0 saturated heterocycles. The summed E-state index contributed by atoms with van der Waals surface area (Å²) in [5, 5.41) is 12.8. The van der Waals surface area contributed by atoms with Crippen LogP contribution in [0.15, 0.2) is 18.2 Å². The van der Waals surface area contributed by atoms with Crippen molar-refractivity contribution in [3.63, 3.8) is 0 Å². The smallest absolute Gasteiger partial charge is 0.305 e. The van der Waals surface area contributed by atoms with Crippen molar-refractivity contribution in [1.82, 2.24) is 5.32 Å². The maximum atomic E-state index is 13.0. The molecule has 0 aliphatic heterocycles. The second-order valence-electron chi connectivity index (χ2n) is 3.81. The number of rotatable bonds is 5. The predicted octanol–water partition coefficient (Wildman–Crippen LogP) is 0.508. The second-order valence-corrected chi connectivity index (χ2v) is 6.07. The van der Waals surface area contributed by atoms with E-state index in [1.807, 2.05) is 0 Å². The average Bonchev–Trinajstić information content (AvgIpc) is 2.27. The number of nitrogens with one attached hydrogen (secondary N) is 1. The van der Waals surface area contributed by atoms with Crippen LogP contribution >= 0.6 is 0 Å². The highest BCUT2D eigenvalue weighted by Crippen LogP contribution is 2.18. The predicted molar refractivity (Wildman–Crippen MR) is 65.1 cm³/mol. The Morgan fingerprint density at radius 2 is 2.11 bits per heavy atom. The van der Waals surface area contributed by atoms with Gasteiger partial charge in [0.2, 0.25) is 5.82 Å². The number of hydrogen-bond donors (Lipinski definition) is 1.